The largest absolute Gasteiger partial charge is 0.141 e. The summed E-state index contributed by atoms with van der Waals surface area (Å²) in [6.07, 6.45) is 0.650. The van der Waals surface area contributed by atoms with E-state index in [0.717, 1.165) is 0 Å². The maximum atomic E-state index is 5.39. The summed E-state index contributed by atoms with van der Waals surface area (Å²) < 4.78 is -0.665. The summed E-state index contributed by atoms with van der Waals surface area (Å²) in [6, 6.07) is 0. The molecule has 0 aromatic heterocycles. The van der Waals surface area contributed by atoms with Crippen LogP contribution in [0.15, 0.2) is 0 Å². The van der Waals surface area contributed by atoms with E-state index in [1.165, 1.54) is 0 Å². The predicted octanol–water partition coefficient (Wildman–Crippen LogP) is 2.33. The van der Waals surface area contributed by atoms with Gasteiger partial charge in [0.25, 0.3) is 0 Å². The van der Waals surface area contributed by atoms with Crippen molar-refractivity contribution in [2.24, 2.45) is 0 Å². The fourth-order valence-corrected chi connectivity index (χ4v) is 0.755. The van der Waals surface area contributed by atoms with E-state index in [1.54, 1.807) is 0 Å². The standard InChI is InChI=1S/C3H2Cl3/c4-2-1-3(2,5)6/h1H2. The number of alkyl halides is 2. The van der Waals surface area contributed by atoms with Crippen LogP contribution in [-0.4, -0.2) is 4.33 Å². The van der Waals surface area contributed by atoms with Crippen LogP contribution >= 0.6 is 34.8 Å². The molecule has 3 heteroatoms. The minimum Gasteiger partial charge on any atom is -0.114 e. The molecule has 0 saturated heterocycles. The second-order valence-corrected chi connectivity index (χ2v) is 3.23. The van der Waals surface area contributed by atoms with Crippen molar-refractivity contribution in [3.63, 3.8) is 0 Å². The molecule has 35 valence electrons. The monoisotopic (exact) mass is 143 g/mol. The summed E-state index contributed by atoms with van der Waals surface area (Å²) in [6.45, 7) is 0. The summed E-state index contributed by atoms with van der Waals surface area (Å²) >= 11 is 16.1. The van der Waals surface area contributed by atoms with Gasteiger partial charge in [-0.1, -0.05) is 23.2 Å². The summed E-state index contributed by atoms with van der Waals surface area (Å²) in [5, 5.41) is 0.658. The van der Waals surface area contributed by atoms with E-state index in [4.69, 9.17) is 34.8 Å². The van der Waals surface area contributed by atoms with Crippen LogP contribution in [0.5, 0.6) is 0 Å². The molecular formula is C3H2Cl3. The normalized spacial score (nSPS) is 30.5. The predicted molar refractivity (Wildman–Crippen MR) is 28.1 cm³/mol. The van der Waals surface area contributed by atoms with Crippen LogP contribution < -0.4 is 0 Å². The van der Waals surface area contributed by atoms with Gasteiger partial charge in [-0.2, -0.15) is 0 Å². The second-order valence-electron chi connectivity index (χ2n) is 1.29. The lowest BCUT2D eigenvalue weighted by molar-refractivity contribution is 1.38. The number of hydrogen-bond acceptors (Lipinski definition) is 0. The Morgan fingerprint density at radius 2 is 1.67 bits per heavy atom. The number of halogens is 3. The Labute approximate surface area is 51.4 Å². The highest BCUT2D eigenvalue weighted by Crippen LogP contribution is 2.57. The zero-order valence-corrected chi connectivity index (χ0v) is 5.11. The van der Waals surface area contributed by atoms with Crippen molar-refractivity contribution < 1.29 is 0 Å². The van der Waals surface area contributed by atoms with Crippen molar-refractivity contribution in [1.29, 1.82) is 0 Å². The highest BCUT2D eigenvalue weighted by Gasteiger charge is 2.51. The van der Waals surface area contributed by atoms with Crippen LogP contribution in [0.1, 0.15) is 6.42 Å². The SMILES string of the molecule is Cl[C]1CC1(Cl)Cl. The molecule has 0 aromatic rings. The molecule has 0 amide bonds. The third-order valence-corrected chi connectivity index (χ3v) is 2.02. The molecule has 0 unspecified atom stereocenters. The zero-order valence-electron chi connectivity index (χ0n) is 2.84. The van der Waals surface area contributed by atoms with E-state index in [9.17, 15) is 0 Å². The van der Waals surface area contributed by atoms with Crippen LogP contribution in [0.25, 0.3) is 0 Å². The van der Waals surface area contributed by atoms with Gasteiger partial charge in [-0.15, -0.1) is 11.6 Å². The molecular weight excluding hydrogens is 142 g/mol. The Morgan fingerprint density at radius 3 is 1.67 bits per heavy atom. The maximum absolute atomic E-state index is 5.39. The van der Waals surface area contributed by atoms with Crippen LogP contribution in [0.3, 0.4) is 0 Å². The minimum atomic E-state index is -0.665. The van der Waals surface area contributed by atoms with Crippen LogP contribution in [0.2, 0.25) is 0 Å². The molecule has 0 atom stereocenters. The Kier molecular flexibility index (Phi) is 0.985. The molecule has 0 aromatic carbocycles. The lowest BCUT2D eigenvalue weighted by Crippen LogP contribution is -1.78. The molecule has 0 spiro atoms. The first-order valence-corrected chi connectivity index (χ1v) is 2.66. The highest BCUT2D eigenvalue weighted by molar-refractivity contribution is 6.59. The van der Waals surface area contributed by atoms with Gasteiger partial charge in [0, 0.05) is 6.42 Å². The van der Waals surface area contributed by atoms with Gasteiger partial charge in [0.1, 0.15) is 9.71 Å². The molecule has 0 nitrogen and oxygen atoms in total. The Balaban J connectivity index is 2.41. The van der Waals surface area contributed by atoms with Crippen molar-refractivity contribution in [2.45, 2.75) is 10.8 Å². The quantitative estimate of drug-likeness (QED) is 0.458. The van der Waals surface area contributed by atoms with Crippen LogP contribution in [-0.2, 0) is 0 Å². The van der Waals surface area contributed by atoms with Gasteiger partial charge in [-0.3, -0.25) is 0 Å². The molecule has 0 aliphatic heterocycles. The molecule has 1 aliphatic carbocycles. The van der Waals surface area contributed by atoms with Gasteiger partial charge in [-0.25, -0.2) is 0 Å². The van der Waals surface area contributed by atoms with Gasteiger partial charge < -0.3 is 0 Å². The molecule has 0 bridgehead atoms. The molecule has 1 aliphatic rings. The average Bonchev–Trinajstić information content (AvgIpc) is 1.73. The summed E-state index contributed by atoms with van der Waals surface area (Å²) in [5.74, 6) is 0. The van der Waals surface area contributed by atoms with E-state index in [2.05, 4.69) is 0 Å². The number of hydrogen-bond donors (Lipinski definition) is 0. The lowest BCUT2D eigenvalue weighted by atomic mass is 10.9. The average molecular weight is 144 g/mol. The van der Waals surface area contributed by atoms with Gasteiger partial charge in [0.15, 0.2) is 0 Å². The van der Waals surface area contributed by atoms with Gasteiger partial charge >= 0.3 is 0 Å². The molecule has 0 heterocycles. The minimum absolute atomic E-state index is 0.650. The molecule has 1 fully saturated rings. The molecule has 1 radical (unpaired) electrons. The fraction of sp³-hybridized carbons (Fsp3) is 0.667. The highest BCUT2D eigenvalue weighted by atomic mass is 35.5. The van der Waals surface area contributed by atoms with Crippen molar-refractivity contribution in [3.8, 4) is 0 Å². The van der Waals surface area contributed by atoms with Gasteiger partial charge in [0.05, 0.1) is 0 Å². The molecule has 1 saturated carbocycles. The zero-order chi connectivity index (χ0) is 4.78. The van der Waals surface area contributed by atoms with E-state index >= 15 is 0 Å². The first kappa shape index (κ1) is 5.02. The van der Waals surface area contributed by atoms with E-state index in [0.29, 0.717) is 11.8 Å². The van der Waals surface area contributed by atoms with Crippen molar-refractivity contribution in [2.75, 3.05) is 0 Å². The van der Waals surface area contributed by atoms with Crippen molar-refractivity contribution in [1.82, 2.24) is 0 Å². The van der Waals surface area contributed by atoms with Crippen LogP contribution in [0, 0.1) is 5.38 Å². The van der Waals surface area contributed by atoms with Crippen LogP contribution in [0.4, 0.5) is 0 Å². The summed E-state index contributed by atoms with van der Waals surface area (Å²) in [7, 11) is 0. The van der Waals surface area contributed by atoms with Crippen molar-refractivity contribution in [3.05, 3.63) is 5.38 Å². The summed E-state index contributed by atoms with van der Waals surface area (Å²) in [4.78, 5) is 0. The van der Waals surface area contributed by atoms with E-state index in [1.807, 2.05) is 0 Å². The molecule has 1 rings (SSSR count). The Bertz CT molecular complexity index is 68.4. The Morgan fingerprint density at radius 1 is 1.50 bits per heavy atom. The topological polar surface area (TPSA) is 0 Å². The molecule has 6 heavy (non-hydrogen) atoms. The second kappa shape index (κ2) is 1.18. The first-order valence-electron chi connectivity index (χ1n) is 1.52. The summed E-state index contributed by atoms with van der Waals surface area (Å²) in [5.41, 5.74) is 0. The fourth-order valence-electron chi connectivity index (χ4n) is 0.151. The molecule has 0 N–H and O–H groups in total. The third-order valence-electron chi connectivity index (χ3n) is 0.649. The van der Waals surface area contributed by atoms with Gasteiger partial charge in [0.2, 0.25) is 0 Å². The van der Waals surface area contributed by atoms with E-state index < -0.39 is 4.33 Å². The Hall–Kier alpha value is 0.870. The number of rotatable bonds is 0. The van der Waals surface area contributed by atoms with E-state index in [-0.39, 0.29) is 0 Å². The first-order chi connectivity index (χ1) is 2.63. The van der Waals surface area contributed by atoms with Gasteiger partial charge in [-0.05, 0) is 0 Å². The third kappa shape index (κ3) is 0.749. The maximum Gasteiger partial charge on any atom is 0.141 e. The lowest BCUT2D eigenvalue weighted by Gasteiger charge is -1.82. The smallest absolute Gasteiger partial charge is 0.114 e. The van der Waals surface area contributed by atoms with Crippen molar-refractivity contribution >= 4 is 34.8 Å².